The van der Waals surface area contributed by atoms with Gasteiger partial charge in [-0.05, 0) is 52.5 Å². The Morgan fingerprint density at radius 3 is 2.04 bits per heavy atom. The van der Waals surface area contributed by atoms with E-state index in [1.807, 2.05) is 12.1 Å². The summed E-state index contributed by atoms with van der Waals surface area (Å²) in [6.45, 7) is 8.95. The number of hydrogen-bond donors (Lipinski definition) is 1. The van der Waals surface area contributed by atoms with Gasteiger partial charge >= 0.3 is 0 Å². The van der Waals surface area contributed by atoms with Gasteiger partial charge in [-0.15, -0.1) is 0 Å². The maximum atomic E-state index is 12.9. The van der Waals surface area contributed by atoms with Crippen LogP contribution in [0.4, 0.5) is 0 Å². The second-order valence-electron chi connectivity index (χ2n) is 8.35. The topological polar surface area (TPSA) is 60.2 Å². The quantitative estimate of drug-likeness (QED) is 0.882. The summed E-state index contributed by atoms with van der Waals surface area (Å²) in [6.07, 6.45) is 2.21. The summed E-state index contributed by atoms with van der Waals surface area (Å²) >= 11 is 0. The molecule has 0 saturated carbocycles. The third-order valence-corrected chi connectivity index (χ3v) is 7.48. The van der Waals surface area contributed by atoms with Crippen LogP contribution in [0.3, 0.4) is 0 Å². The molecule has 3 rings (SSSR count). The number of benzene rings is 2. The first-order valence-corrected chi connectivity index (χ1v) is 10.3. The van der Waals surface area contributed by atoms with Crippen molar-refractivity contribution in [1.29, 1.82) is 0 Å². The molecule has 0 bridgehead atoms. The van der Waals surface area contributed by atoms with Crippen molar-refractivity contribution >= 4 is 9.84 Å². The van der Waals surface area contributed by atoms with Gasteiger partial charge in [-0.3, -0.25) is 0 Å². The Labute approximate surface area is 151 Å². The van der Waals surface area contributed by atoms with Crippen LogP contribution < -0.4 is 5.73 Å². The fraction of sp³-hybridized carbons (Fsp3) is 0.429. The van der Waals surface area contributed by atoms with Gasteiger partial charge in [-0.25, -0.2) is 8.42 Å². The van der Waals surface area contributed by atoms with Crippen molar-refractivity contribution in [3.05, 3.63) is 65.2 Å². The van der Waals surface area contributed by atoms with Crippen LogP contribution in [0.1, 0.15) is 62.6 Å². The molecule has 25 heavy (non-hydrogen) atoms. The molecule has 2 aromatic rings. The van der Waals surface area contributed by atoms with Gasteiger partial charge in [0.15, 0.2) is 9.84 Å². The molecular formula is C21H27NO2S. The van der Waals surface area contributed by atoms with Crippen LogP contribution in [0, 0.1) is 0 Å². The number of nitrogens with two attached hydrogens (primary N) is 1. The summed E-state index contributed by atoms with van der Waals surface area (Å²) in [5.74, 6) is 0. The van der Waals surface area contributed by atoms with Crippen LogP contribution in [0.5, 0.6) is 0 Å². The van der Waals surface area contributed by atoms with E-state index in [9.17, 15) is 8.42 Å². The molecule has 0 heterocycles. The van der Waals surface area contributed by atoms with Gasteiger partial charge in [0.2, 0.25) is 0 Å². The average Bonchev–Trinajstić information content (AvgIpc) is 2.59. The van der Waals surface area contributed by atoms with Crippen molar-refractivity contribution in [3.63, 3.8) is 0 Å². The van der Waals surface area contributed by atoms with Crippen LogP contribution in [0.25, 0.3) is 0 Å². The third-order valence-electron chi connectivity index (χ3n) is 5.61. The average molecular weight is 358 g/mol. The molecule has 134 valence electrons. The van der Waals surface area contributed by atoms with E-state index in [2.05, 4.69) is 33.8 Å². The highest BCUT2D eigenvalue weighted by Crippen LogP contribution is 2.46. The highest BCUT2D eigenvalue weighted by atomic mass is 32.2. The van der Waals surface area contributed by atoms with E-state index >= 15 is 0 Å². The van der Waals surface area contributed by atoms with Crippen molar-refractivity contribution in [2.24, 2.45) is 5.73 Å². The van der Waals surface area contributed by atoms with E-state index in [-0.39, 0.29) is 15.7 Å². The van der Waals surface area contributed by atoms with Crippen LogP contribution in [0.15, 0.2) is 53.4 Å². The normalized spacial score (nSPS) is 19.9. The van der Waals surface area contributed by atoms with E-state index in [0.29, 0.717) is 5.56 Å². The number of hydrogen-bond acceptors (Lipinski definition) is 3. The number of fused-ring (bicyclic) bond motifs is 1. The molecule has 1 atom stereocenters. The fourth-order valence-corrected chi connectivity index (χ4v) is 5.05. The summed E-state index contributed by atoms with van der Waals surface area (Å²) in [6, 6.07) is 14.4. The minimum absolute atomic E-state index is 0.0249. The molecule has 3 nitrogen and oxygen atoms in total. The maximum Gasteiger partial charge on any atom is 0.198 e. The molecule has 0 spiro atoms. The Hall–Kier alpha value is -1.65. The first kappa shape index (κ1) is 18.2. The first-order chi connectivity index (χ1) is 11.6. The molecule has 0 amide bonds. The van der Waals surface area contributed by atoms with Crippen molar-refractivity contribution in [2.75, 3.05) is 0 Å². The Bertz CT molecular complexity index is 883. The summed E-state index contributed by atoms with van der Waals surface area (Å²) < 4.78 is 25.7. The molecule has 0 aliphatic heterocycles. The third kappa shape index (κ3) is 3.13. The van der Waals surface area contributed by atoms with E-state index < -0.39 is 15.2 Å². The summed E-state index contributed by atoms with van der Waals surface area (Å²) in [5, 5.41) is -1.05. The van der Waals surface area contributed by atoms with Gasteiger partial charge in [-0.1, -0.05) is 64.1 Å². The van der Waals surface area contributed by atoms with E-state index in [0.717, 1.165) is 12.8 Å². The SMILES string of the molecule is CC1(C)CCC(C)(C)c2cc(C(N)S(=O)(=O)c3ccccc3)ccc21. The lowest BCUT2D eigenvalue weighted by atomic mass is 9.63. The highest BCUT2D eigenvalue weighted by molar-refractivity contribution is 7.91. The first-order valence-electron chi connectivity index (χ1n) is 8.75. The minimum atomic E-state index is -3.61. The Morgan fingerprint density at radius 2 is 1.44 bits per heavy atom. The molecule has 0 fully saturated rings. The van der Waals surface area contributed by atoms with Crippen LogP contribution in [-0.2, 0) is 20.7 Å². The lowest BCUT2D eigenvalue weighted by molar-refractivity contribution is 0.331. The van der Waals surface area contributed by atoms with Gasteiger partial charge < -0.3 is 5.73 Å². The number of rotatable bonds is 3. The molecule has 0 radical (unpaired) electrons. The molecular weight excluding hydrogens is 330 g/mol. The molecule has 4 heteroatoms. The molecule has 0 aromatic heterocycles. The summed E-state index contributed by atoms with van der Waals surface area (Å²) in [7, 11) is -3.61. The molecule has 2 N–H and O–H groups in total. The zero-order chi connectivity index (χ0) is 18.5. The van der Waals surface area contributed by atoms with Gasteiger partial charge in [0, 0.05) is 0 Å². The largest absolute Gasteiger partial charge is 0.311 e. The fourth-order valence-electron chi connectivity index (χ4n) is 3.72. The molecule has 1 aliphatic carbocycles. The van der Waals surface area contributed by atoms with Crippen LogP contribution in [0.2, 0.25) is 0 Å². The molecule has 2 aromatic carbocycles. The number of sulfone groups is 1. The summed E-state index contributed by atoms with van der Waals surface area (Å²) in [5.41, 5.74) is 9.52. The zero-order valence-corrected chi connectivity index (χ0v) is 16.2. The van der Waals surface area contributed by atoms with E-state index in [4.69, 9.17) is 5.73 Å². The molecule has 0 saturated heterocycles. The zero-order valence-electron chi connectivity index (χ0n) is 15.4. The summed E-state index contributed by atoms with van der Waals surface area (Å²) in [4.78, 5) is 0.264. The van der Waals surface area contributed by atoms with Crippen LogP contribution in [-0.4, -0.2) is 8.42 Å². The van der Waals surface area contributed by atoms with Crippen molar-refractivity contribution in [1.82, 2.24) is 0 Å². The monoisotopic (exact) mass is 357 g/mol. The van der Waals surface area contributed by atoms with Gasteiger partial charge in [0.1, 0.15) is 5.37 Å². The maximum absolute atomic E-state index is 12.9. The molecule has 1 aliphatic rings. The Kier molecular flexibility index (Phi) is 4.33. The predicted molar refractivity (Wildman–Crippen MR) is 102 cm³/mol. The minimum Gasteiger partial charge on any atom is -0.311 e. The highest BCUT2D eigenvalue weighted by Gasteiger charge is 2.38. The van der Waals surface area contributed by atoms with Gasteiger partial charge in [0.05, 0.1) is 4.90 Å². The van der Waals surface area contributed by atoms with Crippen molar-refractivity contribution in [3.8, 4) is 0 Å². The van der Waals surface area contributed by atoms with Gasteiger partial charge in [-0.2, -0.15) is 0 Å². The predicted octanol–water partition coefficient (Wildman–Crippen LogP) is 4.47. The second-order valence-corrected chi connectivity index (χ2v) is 10.4. The second kappa shape index (κ2) is 5.96. The lowest BCUT2D eigenvalue weighted by Crippen LogP contribution is -2.34. The standard InChI is InChI=1S/C21H27NO2S/c1-20(2)12-13-21(3,4)18-14-15(10-11-17(18)20)19(22)25(23,24)16-8-6-5-7-9-16/h5-11,14,19H,12-13,22H2,1-4H3. The van der Waals surface area contributed by atoms with Crippen LogP contribution >= 0.6 is 0 Å². The van der Waals surface area contributed by atoms with Gasteiger partial charge in [0.25, 0.3) is 0 Å². The Morgan fingerprint density at radius 1 is 0.880 bits per heavy atom. The Balaban J connectivity index is 2.08. The molecule has 1 unspecified atom stereocenters. The van der Waals surface area contributed by atoms with Crippen molar-refractivity contribution < 1.29 is 8.42 Å². The smallest absolute Gasteiger partial charge is 0.198 e. The van der Waals surface area contributed by atoms with E-state index in [1.165, 1.54) is 11.1 Å². The lowest BCUT2D eigenvalue weighted by Gasteiger charge is -2.42. The van der Waals surface area contributed by atoms with Crippen molar-refractivity contribution in [2.45, 2.75) is 61.6 Å². The van der Waals surface area contributed by atoms with E-state index in [1.54, 1.807) is 30.3 Å².